The van der Waals surface area contributed by atoms with Crippen LogP contribution in [0.3, 0.4) is 0 Å². The second-order valence-corrected chi connectivity index (χ2v) is 8.52. The molecule has 2 aliphatic heterocycles. The Hall–Kier alpha value is -1.92. The van der Waals surface area contributed by atoms with Crippen molar-refractivity contribution in [2.45, 2.75) is 30.2 Å². The molecule has 1 fully saturated rings. The molecule has 0 spiro atoms. The topological polar surface area (TPSA) is 62.6 Å². The highest BCUT2D eigenvalue weighted by atomic mass is 35.5. The minimum Gasteiger partial charge on any atom is -0.459 e. The van der Waals surface area contributed by atoms with Crippen molar-refractivity contribution in [2.24, 2.45) is 5.92 Å². The normalized spacial score (nSPS) is 22.2. The number of piperidine rings is 1. The summed E-state index contributed by atoms with van der Waals surface area (Å²) in [6, 6.07) is 9.18. The fourth-order valence-corrected chi connectivity index (χ4v) is 5.02. The molecule has 0 radical (unpaired) electrons. The van der Waals surface area contributed by atoms with E-state index in [1.165, 1.54) is 11.2 Å². The zero-order valence-corrected chi connectivity index (χ0v) is 16.4. The quantitative estimate of drug-likeness (QED) is 0.835. The summed E-state index contributed by atoms with van der Waals surface area (Å²) in [5.74, 6) is 0.949. The third-order valence-corrected chi connectivity index (χ3v) is 6.50. The minimum absolute atomic E-state index is 0.00905. The van der Waals surface area contributed by atoms with Gasteiger partial charge in [0, 0.05) is 28.8 Å². The van der Waals surface area contributed by atoms with E-state index in [-0.39, 0.29) is 23.8 Å². The molecule has 7 heteroatoms. The van der Waals surface area contributed by atoms with Crippen molar-refractivity contribution in [3.63, 3.8) is 0 Å². The Bertz CT molecular complexity index is 840. The summed E-state index contributed by atoms with van der Waals surface area (Å²) in [6.45, 7) is 1.08. The molecule has 1 aromatic heterocycles. The molecule has 27 heavy (non-hydrogen) atoms. The first kappa shape index (κ1) is 18.4. The van der Waals surface area contributed by atoms with E-state index in [1.54, 1.807) is 28.8 Å². The Morgan fingerprint density at radius 3 is 2.96 bits per heavy atom. The number of nitrogens with one attached hydrogen (secondary N) is 1. The molecule has 2 atom stereocenters. The second kappa shape index (κ2) is 7.98. The maximum Gasteiger partial charge on any atom is 0.289 e. The van der Waals surface area contributed by atoms with Crippen LogP contribution in [0.1, 0.15) is 41.4 Å². The van der Waals surface area contributed by atoms with E-state index in [4.69, 9.17) is 16.0 Å². The highest BCUT2D eigenvalue weighted by molar-refractivity contribution is 7.99. The first-order chi connectivity index (χ1) is 13.1. The van der Waals surface area contributed by atoms with Gasteiger partial charge in [0.05, 0.1) is 18.2 Å². The van der Waals surface area contributed by atoms with Gasteiger partial charge in [-0.25, -0.2) is 0 Å². The molecule has 0 unspecified atom stereocenters. The second-order valence-electron chi connectivity index (χ2n) is 6.95. The summed E-state index contributed by atoms with van der Waals surface area (Å²) >= 11 is 7.95. The minimum atomic E-state index is -0.199. The van der Waals surface area contributed by atoms with Crippen LogP contribution in [0.15, 0.2) is 45.9 Å². The number of furan rings is 1. The lowest BCUT2D eigenvalue weighted by Crippen LogP contribution is -2.46. The number of fused-ring (bicyclic) bond motifs is 1. The number of benzene rings is 1. The Balaban J connectivity index is 1.43. The van der Waals surface area contributed by atoms with E-state index in [1.807, 2.05) is 18.2 Å². The Morgan fingerprint density at radius 1 is 1.26 bits per heavy atom. The van der Waals surface area contributed by atoms with Crippen LogP contribution < -0.4 is 5.32 Å². The highest BCUT2D eigenvalue weighted by Crippen LogP contribution is 2.37. The molecule has 0 aliphatic carbocycles. The Kier molecular flexibility index (Phi) is 5.45. The number of halogens is 1. The molecule has 142 valence electrons. The maximum atomic E-state index is 12.9. The van der Waals surface area contributed by atoms with Crippen molar-refractivity contribution >= 4 is 35.2 Å². The summed E-state index contributed by atoms with van der Waals surface area (Å²) in [5.41, 5.74) is 1.09. The van der Waals surface area contributed by atoms with Crippen molar-refractivity contribution in [1.82, 2.24) is 10.2 Å². The van der Waals surface area contributed by atoms with Crippen LogP contribution >= 0.6 is 23.4 Å². The average Bonchev–Trinajstić information content (AvgIpc) is 3.23. The number of carbonyl (C=O) groups is 2. The molecule has 3 heterocycles. The van der Waals surface area contributed by atoms with Gasteiger partial charge >= 0.3 is 0 Å². The molecule has 4 rings (SSSR count). The monoisotopic (exact) mass is 404 g/mol. The lowest BCUT2D eigenvalue weighted by Gasteiger charge is -2.33. The number of hydrogen-bond acceptors (Lipinski definition) is 4. The molecule has 5 nitrogen and oxygen atoms in total. The van der Waals surface area contributed by atoms with Gasteiger partial charge in [-0.3, -0.25) is 9.59 Å². The van der Waals surface area contributed by atoms with Gasteiger partial charge in [-0.15, -0.1) is 11.8 Å². The maximum absolute atomic E-state index is 12.9. The van der Waals surface area contributed by atoms with Crippen LogP contribution in [-0.2, 0) is 4.79 Å². The van der Waals surface area contributed by atoms with Gasteiger partial charge in [0.2, 0.25) is 5.91 Å². The largest absolute Gasteiger partial charge is 0.459 e. The molecule has 0 bridgehead atoms. The SMILES string of the molecule is O=C(N[C@H]1CCSc2ccc(Cl)cc21)[C@H]1CCCN(C(=O)c2ccco2)C1. The van der Waals surface area contributed by atoms with Crippen LogP contribution in [-0.4, -0.2) is 35.6 Å². The van der Waals surface area contributed by atoms with E-state index in [0.717, 1.165) is 30.6 Å². The Morgan fingerprint density at radius 2 is 2.15 bits per heavy atom. The van der Waals surface area contributed by atoms with Crippen LogP contribution in [0.4, 0.5) is 0 Å². The van der Waals surface area contributed by atoms with Gasteiger partial charge in [-0.1, -0.05) is 11.6 Å². The number of hydrogen-bond donors (Lipinski definition) is 1. The summed E-state index contributed by atoms with van der Waals surface area (Å²) in [7, 11) is 0. The predicted molar refractivity (Wildman–Crippen MR) is 105 cm³/mol. The molecule has 2 aliphatic rings. The molecular weight excluding hydrogens is 384 g/mol. The van der Waals surface area contributed by atoms with Crippen LogP contribution in [0.2, 0.25) is 5.02 Å². The van der Waals surface area contributed by atoms with E-state index < -0.39 is 0 Å². The Labute approximate surface area is 167 Å². The van der Waals surface area contributed by atoms with Crippen molar-refractivity contribution in [3.8, 4) is 0 Å². The molecule has 2 amide bonds. The number of rotatable bonds is 3. The molecule has 0 saturated carbocycles. The zero-order valence-electron chi connectivity index (χ0n) is 14.8. The van der Waals surface area contributed by atoms with Crippen molar-refractivity contribution in [1.29, 1.82) is 0 Å². The number of thioether (sulfide) groups is 1. The van der Waals surface area contributed by atoms with Gasteiger partial charge in [0.15, 0.2) is 5.76 Å². The number of nitrogens with zero attached hydrogens (tertiary/aromatic N) is 1. The standard InChI is InChI=1S/C20H21ClN2O3S/c21-14-5-6-18-15(11-14)16(7-10-27-18)22-19(24)13-3-1-8-23(12-13)20(25)17-4-2-9-26-17/h2,4-6,9,11,13,16H,1,3,7-8,10,12H2,(H,22,24)/t13-,16-/m0/s1. The number of amides is 2. The predicted octanol–water partition coefficient (Wildman–Crippen LogP) is 4.14. The van der Waals surface area contributed by atoms with E-state index in [0.29, 0.717) is 23.9 Å². The summed E-state index contributed by atoms with van der Waals surface area (Å²) in [6.07, 6.45) is 3.97. The van der Waals surface area contributed by atoms with Gasteiger partial charge in [0.25, 0.3) is 5.91 Å². The fourth-order valence-electron chi connectivity index (χ4n) is 3.74. The van der Waals surface area contributed by atoms with Crippen LogP contribution in [0, 0.1) is 5.92 Å². The van der Waals surface area contributed by atoms with Crippen molar-refractivity contribution < 1.29 is 14.0 Å². The van der Waals surface area contributed by atoms with Gasteiger partial charge in [-0.2, -0.15) is 0 Å². The first-order valence-corrected chi connectivity index (χ1v) is 10.5. The number of carbonyl (C=O) groups excluding carboxylic acids is 2. The molecule has 1 aromatic carbocycles. The molecule has 1 N–H and O–H groups in total. The third-order valence-electron chi connectivity index (χ3n) is 5.14. The van der Waals surface area contributed by atoms with Crippen LogP contribution in [0.5, 0.6) is 0 Å². The smallest absolute Gasteiger partial charge is 0.289 e. The number of likely N-dealkylation sites (tertiary alicyclic amines) is 1. The van der Waals surface area contributed by atoms with E-state index >= 15 is 0 Å². The lowest BCUT2D eigenvalue weighted by atomic mass is 9.95. The summed E-state index contributed by atoms with van der Waals surface area (Å²) in [5, 5.41) is 3.88. The summed E-state index contributed by atoms with van der Waals surface area (Å²) in [4.78, 5) is 28.3. The van der Waals surface area contributed by atoms with E-state index in [9.17, 15) is 9.59 Å². The van der Waals surface area contributed by atoms with Crippen molar-refractivity contribution in [2.75, 3.05) is 18.8 Å². The fraction of sp³-hybridized carbons (Fsp3) is 0.400. The van der Waals surface area contributed by atoms with E-state index in [2.05, 4.69) is 5.32 Å². The zero-order chi connectivity index (χ0) is 18.8. The summed E-state index contributed by atoms with van der Waals surface area (Å²) < 4.78 is 5.21. The van der Waals surface area contributed by atoms with Crippen LogP contribution in [0.25, 0.3) is 0 Å². The van der Waals surface area contributed by atoms with Crippen molar-refractivity contribution in [3.05, 3.63) is 52.9 Å². The highest BCUT2D eigenvalue weighted by Gasteiger charge is 2.32. The van der Waals surface area contributed by atoms with Gasteiger partial charge in [0.1, 0.15) is 0 Å². The molecular formula is C20H21ClN2O3S. The lowest BCUT2D eigenvalue weighted by molar-refractivity contribution is -0.127. The van der Waals surface area contributed by atoms with Gasteiger partial charge in [-0.05, 0) is 55.2 Å². The average molecular weight is 405 g/mol. The first-order valence-electron chi connectivity index (χ1n) is 9.17. The molecule has 1 saturated heterocycles. The molecule has 2 aromatic rings. The third kappa shape index (κ3) is 4.01. The van der Waals surface area contributed by atoms with Gasteiger partial charge < -0.3 is 14.6 Å².